The van der Waals surface area contributed by atoms with E-state index in [1.165, 1.54) is 0 Å². The number of carbonyl (C=O) groups is 1. The number of nitrogens with two attached hydrogens (primary N) is 1. The number of anilines is 1. The van der Waals surface area contributed by atoms with E-state index in [2.05, 4.69) is 24.1 Å². The van der Waals surface area contributed by atoms with E-state index >= 15 is 0 Å². The summed E-state index contributed by atoms with van der Waals surface area (Å²) in [6.07, 6.45) is 4.77. The predicted molar refractivity (Wildman–Crippen MR) is 72.3 cm³/mol. The van der Waals surface area contributed by atoms with Gasteiger partial charge in [0.1, 0.15) is 0 Å². The van der Waals surface area contributed by atoms with Crippen LogP contribution in [0.2, 0.25) is 0 Å². The third kappa shape index (κ3) is 2.81. The Kier molecular flexibility index (Phi) is 3.28. The molecule has 1 aromatic rings. The Balaban J connectivity index is 2.04. The zero-order chi connectivity index (χ0) is 13.3. The van der Waals surface area contributed by atoms with Crippen molar-refractivity contribution >= 4 is 11.6 Å². The lowest BCUT2D eigenvalue weighted by atomic mass is 9.92. The molecule has 1 aliphatic rings. The lowest BCUT2D eigenvalue weighted by Gasteiger charge is -2.18. The van der Waals surface area contributed by atoms with E-state index in [1.54, 1.807) is 12.3 Å². The van der Waals surface area contributed by atoms with Crippen LogP contribution in [-0.2, 0) is 0 Å². The second kappa shape index (κ2) is 4.59. The van der Waals surface area contributed by atoms with Gasteiger partial charge in [-0.05, 0) is 37.7 Å². The maximum Gasteiger partial charge on any atom is 0.255 e. The zero-order valence-corrected chi connectivity index (χ0v) is 11.3. The molecule has 0 aliphatic heterocycles. The van der Waals surface area contributed by atoms with Crippen LogP contribution in [-0.4, -0.2) is 16.9 Å². The first kappa shape index (κ1) is 12.9. The summed E-state index contributed by atoms with van der Waals surface area (Å²) in [7, 11) is 0. The number of nitrogens with zero attached hydrogens (tertiary/aromatic N) is 1. The van der Waals surface area contributed by atoms with E-state index in [0.717, 1.165) is 25.0 Å². The van der Waals surface area contributed by atoms with Gasteiger partial charge in [0, 0.05) is 23.6 Å². The van der Waals surface area contributed by atoms with E-state index in [9.17, 15) is 4.79 Å². The van der Waals surface area contributed by atoms with Crippen molar-refractivity contribution in [2.24, 2.45) is 5.41 Å². The number of pyridine rings is 1. The van der Waals surface area contributed by atoms with E-state index in [0.29, 0.717) is 16.7 Å². The number of carbonyl (C=O) groups excluding carboxylic acids is 1. The van der Waals surface area contributed by atoms with Crippen molar-refractivity contribution in [2.45, 2.75) is 46.1 Å². The van der Waals surface area contributed by atoms with Crippen LogP contribution in [0.1, 0.15) is 49.2 Å². The minimum atomic E-state index is -0.109. The fourth-order valence-corrected chi connectivity index (χ4v) is 2.59. The minimum Gasteiger partial charge on any atom is -0.398 e. The van der Waals surface area contributed by atoms with Crippen molar-refractivity contribution in [3.8, 4) is 0 Å². The molecule has 0 aromatic carbocycles. The summed E-state index contributed by atoms with van der Waals surface area (Å²) in [6.45, 7) is 6.33. The molecule has 0 bridgehead atoms. The molecule has 1 atom stereocenters. The molecule has 18 heavy (non-hydrogen) atoms. The van der Waals surface area contributed by atoms with Gasteiger partial charge in [-0.3, -0.25) is 9.78 Å². The first-order chi connectivity index (χ1) is 8.37. The van der Waals surface area contributed by atoms with Crippen LogP contribution in [0, 0.1) is 12.3 Å². The Morgan fingerprint density at radius 2 is 2.28 bits per heavy atom. The topological polar surface area (TPSA) is 68.0 Å². The Hall–Kier alpha value is -1.58. The fraction of sp³-hybridized carbons (Fsp3) is 0.571. The Morgan fingerprint density at radius 3 is 2.83 bits per heavy atom. The van der Waals surface area contributed by atoms with Crippen LogP contribution < -0.4 is 11.1 Å². The number of nitrogen functional groups attached to an aromatic ring is 1. The summed E-state index contributed by atoms with van der Waals surface area (Å²) in [5.41, 5.74) is 7.98. The summed E-state index contributed by atoms with van der Waals surface area (Å²) in [5.74, 6) is -0.109. The summed E-state index contributed by atoms with van der Waals surface area (Å²) in [4.78, 5) is 16.2. The Labute approximate surface area is 108 Å². The van der Waals surface area contributed by atoms with Gasteiger partial charge in [0.05, 0.1) is 5.56 Å². The summed E-state index contributed by atoms with van der Waals surface area (Å²) < 4.78 is 0. The van der Waals surface area contributed by atoms with Crippen molar-refractivity contribution in [3.05, 3.63) is 23.5 Å². The SMILES string of the molecule is Cc1cc(N)c(C(=O)NC2CCC(C)(C)C2)cn1. The number of aromatic nitrogens is 1. The molecule has 1 aromatic heterocycles. The quantitative estimate of drug-likeness (QED) is 0.842. The van der Waals surface area contributed by atoms with E-state index in [1.807, 2.05) is 6.92 Å². The van der Waals surface area contributed by atoms with Crippen molar-refractivity contribution in [2.75, 3.05) is 5.73 Å². The highest BCUT2D eigenvalue weighted by molar-refractivity contribution is 5.99. The van der Waals surface area contributed by atoms with Crippen LogP contribution in [0.25, 0.3) is 0 Å². The molecule has 0 saturated heterocycles. The highest BCUT2D eigenvalue weighted by Crippen LogP contribution is 2.37. The number of hydrogen-bond donors (Lipinski definition) is 2. The van der Waals surface area contributed by atoms with Crippen LogP contribution in [0.15, 0.2) is 12.3 Å². The number of aryl methyl sites for hydroxylation is 1. The summed E-state index contributed by atoms with van der Waals surface area (Å²) in [6, 6.07) is 1.99. The third-order valence-electron chi connectivity index (χ3n) is 3.62. The van der Waals surface area contributed by atoms with Gasteiger partial charge in [0.15, 0.2) is 0 Å². The number of hydrogen-bond acceptors (Lipinski definition) is 3. The first-order valence-electron chi connectivity index (χ1n) is 6.40. The lowest BCUT2D eigenvalue weighted by Crippen LogP contribution is -2.34. The highest BCUT2D eigenvalue weighted by Gasteiger charge is 2.32. The lowest BCUT2D eigenvalue weighted by molar-refractivity contribution is 0.0936. The number of nitrogens with one attached hydrogen (secondary N) is 1. The van der Waals surface area contributed by atoms with Crippen LogP contribution in [0.5, 0.6) is 0 Å². The second-order valence-corrected chi connectivity index (χ2v) is 5.99. The molecule has 1 fully saturated rings. The standard InChI is InChI=1S/C14H21N3O/c1-9-6-12(15)11(8-16-9)13(18)17-10-4-5-14(2,3)7-10/h6,8,10H,4-5,7H2,1-3H3,(H2,15,16)(H,17,18). The van der Waals surface area contributed by atoms with Gasteiger partial charge >= 0.3 is 0 Å². The van der Waals surface area contributed by atoms with Gasteiger partial charge in [-0.2, -0.15) is 0 Å². The zero-order valence-electron chi connectivity index (χ0n) is 11.3. The normalized spacial score (nSPS) is 21.8. The van der Waals surface area contributed by atoms with Crippen LogP contribution in [0.4, 0.5) is 5.69 Å². The molecule has 2 rings (SSSR count). The molecule has 1 unspecified atom stereocenters. The smallest absolute Gasteiger partial charge is 0.255 e. The van der Waals surface area contributed by atoms with Crippen molar-refractivity contribution < 1.29 is 4.79 Å². The van der Waals surface area contributed by atoms with Crippen molar-refractivity contribution in [1.82, 2.24) is 10.3 Å². The molecule has 3 N–H and O–H groups in total. The maximum atomic E-state index is 12.1. The van der Waals surface area contributed by atoms with Gasteiger partial charge in [0.2, 0.25) is 0 Å². The van der Waals surface area contributed by atoms with E-state index in [4.69, 9.17) is 5.73 Å². The van der Waals surface area contributed by atoms with Gasteiger partial charge in [-0.25, -0.2) is 0 Å². The second-order valence-electron chi connectivity index (χ2n) is 5.99. The third-order valence-corrected chi connectivity index (χ3v) is 3.62. The maximum absolute atomic E-state index is 12.1. The van der Waals surface area contributed by atoms with Gasteiger partial charge in [-0.1, -0.05) is 13.8 Å². The molecule has 0 spiro atoms. The Bertz CT molecular complexity index is 468. The van der Waals surface area contributed by atoms with Gasteiger partial charge in [-0.15, -0.1) is 0 Å². The first-order valence-corrected chi connectivity index (χ1v) is 6.40. The van der Waals surface area contributed by atoms with Crippen molar-refractivity contribution in [1.29, 1.82) is 0 Å². The molecule has 98 valence electrons. The molecule has 4 nitrogen and oxygen atoms in total. The molecular formula is C14H21N3O. The van der Waals surface area contributed by atoms with E-state index in [-0.39, 0.29) is 11.9 Å². The average Bonchev–Trinajstić information content (AvgIpc) is 2.57. The van der Waals surface area contributed by atoms with Crippen LogP contribution >= 0.6 is 0 Å². The number of amides is 1. The highest BCUT2D eigenvalue weighted by atomic mass is 16.1. The fourth-order valence-electron chi connectivity index (χ4n) is 2.59. The van der Waals surface area contributed by atoms with Crippen LogP contribution in [0.3, 0.4) is 0 Å². The molecular weight excluding hydrogens is 226 g/mol. The van der Waals surface area contributed by atoms with E-state index < -0.39 is 0 Å². The average molecular weight is 247 g/mol. The number of rotatable bonds is 2. The molecule has 0 radical (unpaired) electrons. The molecule has 1 heterocycles. The van der Waals surface area contributed by atoms with Crippen molar-refractivity contribution in [3.63, 3.8) is 0 Å². The summed E-state index contributed by atoms with van der Waals surface area (Å²) >= 11 is 0. The minimum absolute atomic E-state index is 0.109. The molecule has 1 amide bonds. The van der Waals surface area contributed by atoms with Gasteiger partial charge in [0.25, 0.3) is 5.91 Å². The monoisotopic (exact) mass is 247 g/mol. The largest absolute Gasteiger partial charge is 0.398 e. The Morgan fingerprint density at radius 1 is 1.56 bits per heavy atom. The molecule has 1 aliphatic carbocycles. The summed E-state index contributed by atoms with van der Waals surface area (Å²) in [5, 5.41) is 3.05. The predicted octanol–water partition coefficient (Wildman–Crippen LogP) is 2.28. The molecule has 4 heteroatoms. The van der Waals surface area contributed by atoms with Gasteiger partial charge < -0.3 is 11.1 Å². The molecule has 1 saturated carbocycles.